The van der Waals surface area contributed by atoms with Gasteiger partial charge in [0.25, 0.3) is 0 Å². The number of benzene rings is 1. The van der Waals surface area contributed by atoms with E-state index in [0.717, 1.165) is 40.9 Å². The van der Waals surface area contributed by atoms with Gasteiger partial charge >= 0.3 is 0 Å². The molecule has 116 valence electrons. The second-order valence-electron chi connectivity index (χ2n) is 5.62. The Hall–Kier alpha value is -2.89. The number of pyridine rings is 1. The third-order valence-corrected chi connectivity index (χ3v) is 4.11. The molecule has 0 spiro atoms. The zero-order valence-corrected chi connectivity index (χ0v) is 13.0. The van der Waals surface area contributed by atoms with E-state index in [2.05, 4.69) is 32.0 Å². The van der Waals surface area contributed by atoms with Gasteiger partial charge in [0.2, 0.25) is 0 Å². The van der Waals surface area contributed by atoms with Gasteiger partial charge in [0.05, 0.1) is 18.5 Å². The average molecular weight is 307 g/mol. The number of ether oxygens (including phenoxy) is 1. The van der Waals surface area contributed by atoms with Crippen molar-refractivity contribution in [3.63, 3.8) is 0 Å². The van der Waals surface area contributed by atoms with Crippen LogP contribution in [0.5, 0.6) is 5.75 Å². The number of fused-ring (bicyclic) bond motifs is 3. The van der Waals surface area contributed by atoms with Crippen molar-refractivity contribution in [1.29, 1.82) is 0 Å². The molecule has 0 bridgehead atoms. The number of aromatic nitrogens is 4. The Morgan fingerprint density at radius 1 is 1.17 bits per heavy atom. The van der Waals surface area contributed by atoms with E-state index in [1.165, 1.54) is 0 Å². The number of nitrogens with zero attached hydrogens (tertiary/aromatic N) is 4. The first kappa shape index (κ1) is 13.8. The highest BCUT2D eigenvalue weighted by Gasteiger charge is 2.25. The van der Waals surface area contributed by atoms with E-state index in [0.29, 0.717) is 0 Å². The Morgan fingerprint density at radius 3 is 2.78 bits per heavy atom. The number of hydrogen-bond acceptors (Lipinski definition) is 5. The zero-order valence-electron chi connectivity index (χ0n) is 13.0. The first-order valence-electron chi connectivity index (χ1n) is 7.56. The number of rotatable bonds is 2. The van der Waals surface area contributed by atoms with Gasteiger partial charge in [-0.2, -0.15) is 0 Å². The molecule has 1 aromatic carbocycles. The van der Waals surface area contributed by atoms with Crippen LogP contribution in [0.2, 0.25) is 0 Å². The smallest absolute Gasteiger partial charge is 0.168 e. The van der Waals surface area contributed by atoms with Crippen molar-refractivity contribution in [2.75, 3.05) is 19.0 Å². The highest BCUT2D eigenvalue weighted by atomic mass is 16.5. The van der Waals surface area contributed by atoms with Crippen LogP contribution in [0, 0.1) is 0 Å². The number of hydrogen-bond donors (Lipinski definition) is 1. The Morgan fingerprint density at radius 2 is 2.00 bits per heavy atom. The molecule has 1 atom stereocenters. The van der Waals surface area contributed by atoms with Crippen LogP contribution < -0.4 is 10.1 Å². The zero-order chi connectivity index (χ0) is 15.8. The van der Waals surface area contributed by atoms with Crippen LogP contribution in [0.25, 0.3) is 17.1 Å². The first-order chi connectivity index (χ1) is 11.3. The Kier molecular flexibility index (Phi) is 3.22. The van der Waals surface area contributed by atoms with Gasteiger partial charge in [-0.3, -0.25) is 9.55 Å². The molecule has 1 aliphatic heterocycles. The van der Waals surface area contributed by atoms with Crippen molar-refractivity contribution in [2.24, 2.45) is 0 Å². The van der Waals surface area contributed by atoms with E-state index in [9.17, 15) is 0 Å². The van der Waals surface area contributed by atoms with Gasteiger partial charge in [0.15, 0.2) is 5.82 Å². The molecule has 0 saturated carbocycles. The Labute approximate surface area is 134 Å². The van der Waals surface area contributed by atoms with E-state index in [1.54, 1.807) is 19.5 Å². The first-order valence-corrected chi connectivity index (χ1v) is 7.56. The third kappa shape index (κ3) is 2.23. The fourth-order valence-corrected chi connectivity index (χ4v) is 2.87. The lowest BCUT2D eigenvalue weighted by molar-refractivity contribution is 0.415. The molecule has 0 fully saturated rings. The molecule has 1 N–H and O–H groups in total. The molecule has 4 rings (SSSR count). The average Bonchev–Trinajstić information content (AvgIpc) is 2.99. The summed E-state index contributed by atoms with van der Waals surface area (Å²) < 4.78 is 7.46. The van der Waals surface area contributed by atoms with Crippen molar-refractivity contribution >= 4 is 5.69 Å². The van der Waals surface area contributed by atoms with Crippen molar-refractivity contribution in [3.05, 3.63) is 48.5 Å². The van der Waals surface area contributed by atoms with Crippen LogP contribution in [0.15, 0.2) is 42.7 Å². The van der Waals surface area contributed by atoms with Crippen LogP contribution in [-0.4, -0.2) is 33.4 Å². The minimum absolute atomic E-state index is 0.247. The predicted molar refractivity (Wildman–Crippen MR) is 88.0 cm³/mol. The second kappa shape index (κ2) is 5.39. The Balaban J connectivity index is 1.96. The van der Waals surface area contributed by atoms with Crippen LogP contribution >= 0.6 is 0 Å². The van der Waals surface area contributed by atoms with Crippen LogP contribution in [-0.2, 0) is 0 Å². The minimum Gasteiger partial charge on any atom is -0.497 e. The summed E-state index contributed by atoms with van der Waals surface area (Å²) in [7, 11) is 1.67. The Bertz CT molecular complexity index is 843. The van der Waals surface area contributed by atoms with Gasteiger partial charge in [0.1, 0.15) is 11.6 Å². The van der Waals surface area contributed by atoms with E-state index in [1.807, 2.05) is 30.3 Å². The maximum absolute atomic E-state index is 5.34. The molecular weight excluding hydrogens is 290 g/mol. The van der Waals surface area contributed by atoms with Gasteiger partial charge in [-0.25, -0.2) is 0 Å². The molecule has 2 aromatic heterocycles. The maximum Gasteiger partial charge on any atom is 0.168 e. The molecule has 0 aliphatic carbocycles. The van der Waals surface area contributed by atoms with Gasteiger partial charge in [-0.15, -0.1) is 10.2 Å². The standard InChI is InChI=1S/C17H17N5O/c1-11-10-19-14-9-13(23-2)3-4-15(14)22-16(11)20-21-17(22)12-5-7-18-8-6-12/h3-9,11,19H,10H2,1-2H3/t11-/m0/s1. The molecule has 23 heavy (non-hydrogen) atoms. The van der Waals surface area contributed by atoms with E-state index >= 15 is 0 Å². The summed E-state index contributed by atoms with van der Waals surface area (Å²) in [5.41, 5.74) is 3.04. The monoisotopic (exact) mass is 307 g/mol. The van der Waals surface area contributed by atoms with Crippen molar-refractivity contribution < 1.29 is 4.74 Å². The van der Waals surface area contributed by atoms with Crippen LogP contribution in [0.4, 0.5) is 5.69 Å². The highest BCUT2D eigenvalue weighted by Crippen LogP contribution is 2.35. The molecule has 0 saturated heterocycles. The van der Waals surface area contributed by atoms with Crippen molar-refractivity contribution in [2.45, 2.75) is 12.8 Å². The van der Waals surface area contributed by atoms with Crippen molar-refractivity contribution in [1.82, 2.24) is 19.7 Å². The molecule has 6 heteroatoms. The normalized spacial score (nSPS) is 16.0. The van der Waals surface area contributed by atoms with E-state index in [-0.39, 0.29) is 5.92 Å². The highest BCUT2D eigenvalue weighted by molar-refractivity contribution is 5.69. The molecule has 0 unspecified atom stereocenters. The fraction of sp³-hybridized carbons (Fsp3) is 0.235. The second-order valence-corrected chi connectivity index (χ2v) is 5.62. The lowest BCUT2D eigenvalue weighted by Gasteiger charge is -2.13. The quantitative estimate of drug-likeness (QED) is 0.788. The maximum atomic E-state index is 5.34. The molecule has 6 nitrogen and oxygen atoms in total. The third-order valence-electron chi connectivity index (χ3n) is 4.11. The van der Waals surface area contributed by atoms with Crippen LogP contribution in [0.1, 0.15) is 18.7 Å². The number of nitrogens with one attached hydrogen (secondary N) is 1. The SMILES string of the molecule is COc1ccc2c(c1)NC[C@H](C)c1nnc(-c3ccncc3)n1-2. The van der Waals surface area contributed by atoms with Gasteiger partial charge in [-0.1, -0.05) is 6.92 Å². The van der Waals surface area contributed by atoms with Crippen molar-refractivity contribution in [3.8, 4) is 22.8 Å². The summed E-state index contributed by atoms with van der Waals surface area (Å²) in [5, 5.41) is 12.3. The number of methoxy groups -OCH3 is 1. The fourth-order valence-electron chi connectivity index (χ4n) is 2.87. The molecule has 3 aromatic rings. The van der Waals surface area contributed by atoms with Crippen LogP contribution in [0.3, 0.4) is 0 Å². The minimum atomic E-state index is 0.247. The largest absolute Gasteiger partial charge is 0.497 e. The van der Waals surface area contributed by atoms with E-state index < -0.39 is 0 Å². The topological polar surface area (TPSA) is 64.9 Å². The van der Waals surface area contributed by atoms with Gasteiger partial charge in [0, 0.05) is 36.5 Å². The predicted octanol–water partition coefficient (Wildman–Crippen LogP) is 2.87. The summed E-state index contributed by atoms with van der Waals surface area (Å²) >= 11 is 0. The summed E-state index contributed by atoms with van der Waals surface area (Å²) in [6.07, 6.45) is 3.54. The molecular formula is C17H17N5O. The van der Waals surface area contributed by atoms with Gasteiger partial charge < -0.3 is 10.1 Å². The molecule has 3 heterocycles. The summed E-state index contributed by atoms with van der Waals surface area (Å²) in [4.78, 5) is 4.08. The lowest BCUT2D eigenvalue weighted by Crippen LogP contribution is -2.09. The summed E-state index contributed by atoms with van der Waals surface area (Å²) in [6.45, 7) is 2.95. The summed E-state index contributed by atoms with van der Waals surface area (Å²) in [5.74, 6) is 2.85. The molecule has 0 amide bonds. The molecule has 1 aliphatic rings. The summed E-state index contributed by atoms with van der Waals surface area (Å²) in [6, 6.07) is 9.90. The van der Waals surface area contributed by atoms with Gasteiger partial charge in [-0.05, 0) is 24.3 Å². The molecule has 0 radical (unpaired) electrons. The van der Waals surface area contributed by atoms with E-state index in [4.69, 9.17) is 4.74 Å². The lowest BCUT2D eigenvalue weighted by atomic mass is 10.1. The number of anilines is 1.